The Bertz CT molecular complexity index is 305. The zero-order chi connectivity index (χ0) is 12.5. The number of aliphatic carboxylic acids is 2. The minimum absolute atomic E-state index is 0.335. The van der Waals surface area contributed by atoms with Gasteiger partial charge >= 0.3 is 11.9 Å². The van der Waals surface area contributed by atoms with Gasteiger partial charge in [-0.1, -0.05) is 6.92 Å². The van der Waals surface area contributed by atoms with E-state index in [4.69, 9.17) is 10.2 Å². The van der Waals surface area contributed by atoms with Crippen molar-refractivity contribution >= 4 is 23.7 Å². The first-order valence-electron chi connectivity index (χ1n) is 5.19. The summed E-state index contributed by atoms with van der Waals surface area (Å²) in [5.41, 5.74) is 0. The van der Waals surface area contributed by atoms with Gasteiger partial charge in [0.1, 0.15) is 6.04 Å². The molecule has 3 N–H and O–H groups in total. The average molecular weight is 247 g/mol. The minimum atomic E-state index is -0.930. The molecule has 0 aromatic rings. The normalized spacial score (nSPS) is 29.9. The number of thioether (sulfide) groups is 1. The lowest BCUT2D eigenvalue weighted by atomic mass is 10.0. The Balaban J connectivity index is 2.82. The fourth-order valence-corrected chi connectivity index (χ4v) is 3.52. The highest BCUT2D eigenvalue weighted by Crippen LogP contribution is 2.41. The van der Waals surface area contributed by atoms with Gasteiger partial charge in [0.15, 0.2) is 0 Å². The minimum Gasteiger partial charge on any atom is -0.481 e. The van der Waals surface area contributed by atoms with Gasteiger partial charge in [-0.25, -0.2) is 0 Å². The van der Waals surface area contributed by atoms with Crippen LogP contribution in [-0.2, 0) is 9.59 Å². The highest BCUT2D eigenvalue weighted by Gasteiger charge is 2.48. The maximum Gasteiger partial charge on any atom is 0.322 e. The molecule has 0 amide bonds. The highest BCUT2D eigenvalue weighted by atomic mass is 32.2. The van der Waals surface area contributed by atoms with E-state index in [1.807, 2.05) is 13.8 Å². The van der Waals surface area contributed by atoms with Crippen LogP contribution < -0.4 is 5.32 Å². The molecule has 0 radical (unpaired) electrons. The van der Waals surface area contributed by atoms with E-state index in [0.29, 0.717) is 6.42 Å². The standard InChI is InChI=1S/C10H17NO4S/c1-4-5(8(12)13)7-11-6(9(14)15)10(2,3)16-7/h5-7,11H,4H2,1-3H3,(H,12,13)(H,14,15). The van der Waals surface area contributed by atoms with Crippen molar-refractivity contribution in [2.45, 2.75) is 43.4 Å². The van der Waals surface area contributed by atoms with Gasteiger partial charge in [-0.2, -0.15) is 0 Å². The second kappa shape index (κ2) is 4.63. The van der Waals surface area contributed by atoms with Crippen LogP contribution in [0, 0.1) is 5.92 Å². The van der Waals surface area contributed by atoms with Crippen LogP contribution in [0.1, 0.15) is 27.2 Å². The van der Waals surface area contributed by atoms with Gasteiger partial charge in [0.2, 0.25) is 0 Å². The van der Waals surface area contributed by atoms with Crippen molar-refractivity contribution in [3.05, 3.63) is 0 Å². The Morgan fingerprint density at radius 2 is 2.00 bits per heavy atom. The summed E-state index contributed by atoms with van der Waals surface area (Å²) in [6, 6.07) is -0.698. The second-order valence-electron chi connectivity index (χ2n) is 4.43. The molecule has 1 heterocycles. The summed E-state index contributed by atoms with van der Waals surface area (Å²) in [6.45, 7) is 5.43. The molecule has 16 heavy (non-hydrogen) atoms. The number of rotatable bonds is 4. The SMILES string of the molecule is CCC(C(=O)O)C1NC(C(=O)O)C(C)(C)S1. The van der Waals surface area contributed by atoms with Crippen molar-refractivity contribution < 1.29 is 19.8 Å². The third-order valence-electron chi connectivity index (χ3n) is 2.83. The smallest absolute Gasteiger partial charge is 0.322 e. The van der Waals surface area contributed by atoms with Gasteiger partial charge in [0.05, 0.1) is 11.3 Å². The monoisotopic (exact) mass is 247 g/mol. The number of nitrogens with one attached hydrogen (secondary N) is 1. The van der Waals surface area contributed by atoms with Crippen LogP contribution in [-0.4, -0.2) is 38.3 Å². The molecule has 1 fully saturated rings. The Labute approximate surface area is 98.6 Å². The van der Waals surface area contributed by atoms with Gasteiger partial charge in [-0.15, -0.1) is 11.8 Å². The van der Waals surface area contributed by atoms with Crippen LogP contribution in [0.5, 0.6) is 0 Å². The van der Waals surface area contributed by atoms with E-state index in [0.717, 1.165) is 0 Å². The molecule has 0 aliphatic carbocycles. The van der Waals surface area contributed by atoms with Crippen molar-refractivity contribution in [2.75, 3.05) is 0 Å². The van der Waals surface area contributed by atoms with Crippen molar-refractivity contribution in [3.8, 4) is 0 Å². The maximum absolute atomic E-state index is 11.0. The molecule has 0 bridgehead atoms. The summed E-state index contributed by atoms with van der Waals surface area (Å²) in [7, 11) is 0. The molecule has 3 atom stereocenters. The summed E-state index contributed by atoms with van der Waals surface area (Å²) >= 11 is 1.39. The molecule has 0 aromatic heterocycles. The van der Waals surface area contributed by atoms with E-state index < -0.39 is 28.6 Å². The molecule has 0 aromatic carbocycles. The Morgan fingerprint density at radius 3 is 2.31 bits per heavy atom. The topological polar surface area (TPSA) is 86.6 Å². The fraction of sp³-hybridized carbons (Fsp3) is 0.800. The van der Waals surface area contributed by atoms with Gasteiger partial charge < -0.3 is 10.2 Å². The zero-order valence-corrected chi connectivity index (χ0v) is 10.4. The van der Waals surface area contributed by atoms with Gasteiger partial charge in [-0.05, 0) is 20.3 Å². The number of carbonyl (C=O) groups is 2. The van der Waals surface area contributed by atoms with Crippen molar-refractivity contribution in [2.24, 2.45) is 5.92 Å². The predicted molar refractivity (Wildman–Crippen MR) is 61.4 cm³/mol. The molecular weight excluding hydrogens is 230 g/mol. The van der Waals surface area contributed by atoms with Gasteiger partial charge in [0.25, 0.3) is 0 Å². The summed E-state index contributed by atoms with van der Waals surface area (Å²) in [4.78, 5) is 22.0. The van der Waals surface area contributed by atoms with E-state index in [1.165, 1.54) is 11.8 Å². The quantitative estimate of drug-likeness (QED) is 0.687. The molecule has 1 saturated heterocycles. The lowest BCUT2D eigenvalue weighted by Gasteiger charge is -2.21. The van der Waals surface area contributed by atoms with E-state index in [2.05, 4.69) is 5.32 Å². The molecule has 5 nitrogen and oxygen atoms in total. The lowest BCUT2D eigenvalue weighted by Crippen LogP contribution is -2.46. The van der Waals surface area contributed by atoms with Crippen LogP contribution >= 0.6 is 11.8 Å². The first kappa shape index (κ1) is 13.3. The van der Waals surface area contributed by atoms with Crippen LogP contribution in [0.2, 0.25) is 0 Å². The summed E-state index contributed by atoms with van der Waals surface area (Å²) in [5.74, 6) is -2.36. The van der Waals surface area contributed by atoms with Crippen LogP contribution in [0.4, 0.5) is 0 Å². The summed E-state index contributed by atoms with van der Waals surface area (Å²) < 4.78 is -0.487. The maximum atomic E-state index is 11.0. The lowest BCUT2D eigenvalue weighted by molar-refractivity contribution is -0.143. The first-order chi connectivity index (χ1) is 7.29. The Morgan fingerprint density at radius 1 is 1.44 bits per heavy atom. The number of hydrogen-bond acceptors (Lipinski definition) is 4. The van der Waals surface area contributed by atoms with E-state index >= 15 is 0 Å². The number of hydrogen-bond donors (Lipinski definition) is 3. The van der Waals surface area contributed by atoms with E-state index in [1.54, 1.807) is 6.92 Å². The largest absolute Gasteiger partial charge is 0.481 e. The first-order valence-corrected chi connectivity index (χ1v) is 6.07. The van der Waals surface area contributed by atoms with Crippen LogP contribution in [0.15, 0.2) is 0 Å². The molecule has 1 rings (SSSR count). The fourth-order valence-electron chi connectivity index (χ4n) is 1.88. The van der Waals surface area contributed by atoms with Crippen LogP contribution in [0.25, 0.3) is 0 Å². The second-order valence-corrected chi connectivity index (χ2v) is 6.23. The van der Waals surface area contributed by atoms with E-state index in [-0.39, 0.29) is 5.37 Å². The van der Waals surface area contributed by atoms with Crippen molar-refractivity contribution in [1.82, 2.24) is 5.32 Å². The predicted octanol–water partition coefficient (Wildman–Crippen LogP) is 0.991. The van der Waals surface area contributed by atoms with Crippen LogP contribution in [0.3, 0.4) is 0 Å². The third-order valence-corrected chi connectivity index (χ3v) is 4.39. The third kappa shape index (κ3) is 2.49. The molecule has 1 aliphatic rings. The molecule has 92 valence electrons. The molecular formula is C10H17NO4S. The number of carboxylic acids is 2. The average Bonchev–Trinajstić information content (AvgIpc) is 2.41. The zero-order valence-electron chi connectivity index (χ0n) is 9.56. The van der Waals surface area contributed by atoms with E-state index in [9.17, 15) is 9.59 Å². The molecule has 0 saturated carbocycles. The highest BCUT2D eigenvalue weighted by molar-refractivity contribution is 8.01. The molecule has 6 heteroatoms. The molecule has 3 unspecified atom stereocenters. The van der Waals surface area contributed by atoms with Crippen molar-refractivity contribution in [1.29, 1.82) is 0 Å². The summed E-state index contributed by atoms with van der Waals surface area (Å²) in [5, 5.41) is 20.6. The van der Waals surface area contributed by atoms with Crippen molar-refractivity contribution in [3.63, 3.8) is 0 Å². The van der Waals surface area contributed by atoms with Gasteiger partial charge in [-0.3, -0.25) is 14.9 Å². The molecule has 1 aliphatic heterocycles. The Kier molecular flexibility index (Phi) is 3.85. The number of carboxylic acid groups (broad SMARTS) is 2. The summed E-state index contributed by atoms with van der Waals surface area (Å²) in [6.07, 6.45) is 0.489. The molecule has 0 spiro atoms. The Hall–Kier alpha value is -0.750. The van der Waals surface area contributed by atoms with Gasteiger partial charge in [0, 0.05) is 4.75 Å².